The van der Waals surface area contributed by atoms with Crippen LogP contribution in [0.2, 0.25) is 0 Å². The summed E-state index contributed by atoms with van der Waals surface area (Å²) >= 11 is 1.56. The van der Waals surface area contributed by atoms with Crippen LogP contribution < -0.4 is 16.4 Å². The molecular weight excluding hydrogens is 310 g/mol. The molecule has 0 aliphatic rings. The summed E-state index contributed by atoms with van der Waals surface area (Å²) in [6, 6.07) is 9.34. The molecule has 0 fully saturated rings. The number of hydrogen-bond acceptors (Lipinski definition) is 4. The van der Waals surface area contributed by atoms with Crippen LogP contribution in [0.3, 0.4) is 0 Å². The van der Waals surface area contributed by atoms with Crippen LogP contribution in [-0.4, -0.2) is 18.4 Å². The lowest BCUT2D eigenvalue weighted by molar-refractivity contribution is -0.116. The van der Waals surface area contributed by atoms with E-state index in [-0.39, 0.29) is 11.8 Å². The van der Waals surface area contributed by atoms with E-state index in [9.17, 15) is 9.59 Å². The topological polar surface area (TPSA) is 84.2 Å². The van der Waals surface area contributed by atoms with Gasteiger partial charge in [0.2, 0.25) is 11.8 Å². The van der Waals surface area contributed by atoms with E-state index in [0.717, 1.165) is 10.4 Å². The van der Waals surface area contributed by atoms with Crippen LogP contribution in [0.1, 0.15) is 23.3 Å². The van der Waals surface area contributed by atoms with Gasteiger partial charge in [0.15, 0.2) is 0 Å². The SMILES string of the molecule is Cc1ccc(NC(=O)CCCN)cc1NC(=O)Cc1cccs1. The highest BCUT2D eigenvalue weighted by Gasteiger charge is 2.09. The van der Waals surface area contributed by atoms with Gasteiger partial charge in [0.1, 0.15) is 0 Å². The Bertz CT molecular complexity index is 668. The Morgan fingerprint density at radius 1 is 1.17 bits per heavy atom. The molecule has 2 amide bonds. The smallest absolute Gasteiger partial charge is 0.229 e. The van der Waals surface area contributed by atoms with Gasteiger partial charge in [-0.1, -0.05) is 12.1 Å². The van der Waals surface area contributed by atoms with E-state index >= 15 is 0 Å². The summed E-state index contributed by atoms with van der Waals surface area (Å²) in [5.74, 6) is -0.141. The average Bonchev–Trinajstić information content (AvgIpc) is 3.01. The van der Waals surface area contributed by atoms with Crippen LogP contribution in [0, 0.1) is 6.92 Å². The molecule has 5 nitrogen and oxygen atoms in total. The van der Waals surface area contributed by atoms with E-state index in [1.165, 1.54) is 0 Å². The molecule has 0 unspecified atom stereocenters. The van der Waals surface area contributed by atoms with Gasteiger partial charge in [0, 0.05) is 22.7 Å². The van der Waals surface area contributed by atoms with Crippen LogP contribution >= 0.6 is 11.3 Å². The number of benzene rings is 1. The first-order valence-corrected chi connectivity index (χ1v) is 8.39. The minimum Gasteiger partial charge on any atom is -0.330 e. The van der Waals surface area contributed by atoms with Gasteiger partial charge in [-0.25, -0.2) is 0 Å². The Hall–Kier alpha value is -2.18. The monoisotopic (exact) mass is 331 g/mol. The molecule has 1 aromatic heterocycles. The molecule has 2 aromatic rings. The number of carbonyl (C=O) groups excluding carboxylic acids is 2. The van der Waals surface area contributed by atoms with E-state index in [4.69, 9.17) is 5.73 Å². The first kappa shape index (κ1) is 17.2. The zero-order chi connectivity index (χ0) is 16.7. The van der Waals surface area contributed by atoms with Gasteiger partial charge in [-0.3, -0.25) is 9.59 Å². The van der Waals surface area contributed by atoms with Crippen molar-refractivity contribution in [2.45, 2.75) is 26.2 Å². The van der Waals surface area contributed by atoms with Gasteiger partial charge in [-0.05, 0) is 49.0 Å². The minimum atomic E-state index is -0.0739. The molecule has 0 bridgehead atoms. The van der Waals surface area contributed by atoms with Gasteiger partial charge in [-0.15, -0.1) is 11.3 Å². The molecular formula is C17H21N3O2S. The van der Waals surface area contributed by atoms with Crippen LogP contribution in [0.25, 0.3) is 0 Å². The quantitative estimate of drug-likeness (QED) is 0.729. The van der Waals surface area contributed by atoms with Crippen molar-refractivity contribution in [3.8, 4) is 0 Å². The van der Waals surface area contributed by atoms with Crippen LogP contribution in [-0.2, 0) is 16.0 Å². The maximum atomic E-state index is 12.1. The molecule has 2 rings (SSSR count). The highest BCUT2D eigenvalue weighted by atomic mass is 32.1. The van der Waals surface area contributed by atoms with Crippen molar-refractivity contribution in [1.82, 2.24) is 0 Å². The van der Waals surface area contributed by atoms with E-state index in [2.05, 4.69) is 10.6 Å². The number of thiophene rings is 1. The van der Waals surface area contributed by atoms with Gasteiger partial charge < -0.3 is 16.4 Å². The molecule has 4 N–H and O–H groups in total. The number of nitrogens with two attached hydrogens (primary N) is 1. The molecule has 6 heteroatoms. The fraction of sp³-hybridized carbons (Fsp3) is 0.294. The second-order valence-corrected chi connectivity index (χ2v) is 6.31. The summed E-state index contributed by atoms with van der Waals surface area (Å²) in [6.45, 7) is 2.41. The number of amides is 2. The standard InChI is InChI=1S/C17H21N3O2S/c1-12-6-7-13(19-16(21)5-2-8-18)10-15(12)20-17(22)11-14-4-3-9-23-14/h3-4,6-7,9-10H,2,5,8,11,18H2,1H3,(H,19,21)(H,20,22). The summed E-state index contributed by atoms with van der Waals surface area (Å²) in [5.41, 5.74) is 7.73. The van der Waals surface area contributed by atoms with E-state index in [1.54, 1.807) is 17.4 Å². The first-order valence-electron chi connectivity index (χ1n) is 7.51. The molecule has 0 saturated carbocycles. The van der Waals surface area contributed by atoms with Crippen molar-refractivity contribution in [3.05, 3.63) is 46.2 Å². The van der Waals surface area contributed by atoms with Crippen LogP contribution in [0.5, 0.6) is 0 Å². The highest BCUT2D eigenvalue weighted by molar-refractivity contribution is 7.10. The maximum absolute atomic E-state index is 12.1. The summed E-state index contributed by atoms with van der Waals surface area (Å²) < 4.78 is 0. The highest BCUT2D eigenvalue weighted by Crippen LogP contribution is 2.21. The number of anilines is 2. The molecule has 1 heterocycles. The van der Waals surface area contributed by atoms with Gasteiger partial charge in [0.25, 0.3) is 0 Å². The van der Waals surface area contributed by atoms with E-state index in [1.807, 2.05) is 36.6 Å². The van der Waals surface area contributed by atoms with Crippen molar-refractivity contribution >= 4 is 34.5 Å². The molecule has 1 aromatic carbocycles. The molecule has 0 aliphatic carbocycles. The lowest BCUT2D eigenvalue weighted by Gasteiger charge is -2.11. The summed E-state index contributed by atoms with van der Waals surface area (Å²) in [4.78, 5) is 24.9. The Morgan fingerprint density at radius 3 is 2.70 bits per heavy atom. The van der Waals surface area contributed by atoms with Crippen LogP contribution in [0.4, 0.5) is 11.4 Å². The number of carbonyl (C=O) groups is 2. The van der Waals surface area contributed by atoms with E-state index < -0.39 is 0 Å². The molecule has 122 valence electrons. The predicted octanol–water partition coefficient (Wildman–Crippen LogP) is 2.92. The Balaban J connectivity index is 1.99. The number of rotatable bonds is 7. The van der Waals surface area contributed by atoms with Crippen molar-refractivity contribution in [3.63, 3.8) is 0 Å². The normalized spacial score (nSPS) is 10.3. The Labute approximate surface area is 139 Å². The lowest BCUT2D eigenvalue weighted by atomic mass is 10.1. The summed E-state index contributed by atoms with van der Waals surface area (Å²) in [5, 5.41) is 7.67. The fourth-order valence-corrected chi connectivity index (χ4v) is 2.79. The summed E-state index contributed by atoms with van der Waals surface area (Å²) in [6.07, 6.45) is 1.40. The number of hydrogen-bond donors (Lipinski definition) is 3. The minimum absolute atomic E-state index is 0.0674. The zero-order valence-corrected chi connectivity index (χ0v) is 13.9. The lowest BCUT2D eigenvalue weighted by Crippen LogP contribution is -2.16. The second-order valence-electron chi connectivity index (χ2n) is 5.27. The van der Waals surface area contributed by atoms with Crippen molar-refractivity contribution in [1.29, 1.82) is 0 Å². The van der Waals surface area contributed by atoms with Gasteiger partial charge >= 0.3 is 0 Å². The third-order valence-electron chi connectivity index (χ3n) is 3.32. The number of nitrogens with one attached hydrogen (secondary N) is 2. The molecule has 0 atom stereocenters. The third kappa shape index (κ3) is 5.50. The van der Waals surface area contributed by atoms with Crippen molar-refractivity contribution in [2.24, 2.45) is 5.73 Å². The molecule has 23 heavy (non-hydrogen) atoms. The molecule has 0 radical (unpaired) electrons. The Kier molecular flexibility index (Phi) is 6.31. The zero-order valence-electron chi connectivity index (χ0n) is 13.1. The average molecular weight is 331 g/mol. The molecule has 0 saturated heterocycles. The molecule has 0 spiro atoms. The maximum Gasteiger partial charge on any atom is 0.229 e. The molecule has 0 aliphatic heterocycles. The Morgan fingerprint density at radius 2 is 2.00 bits per heavy atom. The second kappa shape index (κ2) is 8.45. The number of aryl methyl sites for hydroxylation is 1. The van der Waals surface area contributed by atoms with Gasteiger partial charge in [-0.2, -0.15) is 0 Å². The fourth-order valence-electron chi connectivity index (χ4n) is 2.09. The van der Waals surface area contributed by atoms with E-state index in [0.29, 0.717) is 37.2 Å². The predicted molar refractivity (Wildman–Crippen MR) is 94.7 cm³/mol. The van der Waals surface area contributed by atoms with Crippen LogP contribution in [0.15, 0.2) is 35.7 Å². The first-order chi connectivity index (χ1) is 11.1. The van der Waals surface area contributed by atoms with Crippen molar-refractivity contribution < 1.29 is 9.59 Å². The van der Waals surface area contributed by atoms with Crippen molar-refractivity contribution in [2.75, 3.05) is 17.2 Å². The third-order valence-corrected chi connectivity index (χ3v) is 4.19. The largest absolute Gasteiger partial charge is 0.330 e. The van der Waals surface area contributed by atoms with Gasteiger partial charge in [0.05, 0.1) is 6.42 Å². The summed E-state index contributed by atoms with van der Waals surface area (Å²) in [7, 11) is 0.